The van der Waals surface area contributed by atoms with Crippen LogP contribution in [0, 0.1) is 0 Å². The van der Waals surface area contributed by atoms with E-state index in [0.717, 1.165) is 45.3 Å². The lowest BCUT2D eigenvalue weighted by atomic mass is 9.96. The lowest BCUT2D eigenvalue weighted by Crippen LogP contribution is -2.49. The maximum Gasteiger partial charge on any atom is 0.234 e. The van der Waals surface area contributed by atoms with Gasteiger partial charge in [0.25, 0.3) is 0 Å². The maximum absolute atomic E-state index is 11.7. The summed E-state index contributed by atoms with van der Waals surface area (Å²) in [6, 6.07) is 0.474. The molecule has 2 fully saturated rings. The van der Waals surface area contributed by atoms with Gasteiger partial charge >= 0.3 is 0 Å². The van der Waals surface area contributed by atoms with Crippen molar-refractivity contribution < 1.29 is 4.79 Å². The van der Waals surface area contributed by atoms with Crippen LogP contribution in [0.5, 0.6) is 0 Å². The fourth-order valence-electron chi connectivity index (χ4n) is 2.31. The molecule has 0 spiro atoms. The summed E-state index contributed by atoms with van der Waals surface area (Å²) in [5.41, 5.74) is 5.85. The van der Waals surface area contributed by atoms with Gasteiger partial charge in [0.05, 0.1) is 6.54 Å². The van der Waals surface area contributed by atoms with Gasteiger partial charge < -0.3 is 11.1 Å². The third kappa shape index (κ3) is 3.60. The largest absolute Gasteiger partial charge is 0.352 e. The second-order valence-corrected chi connectivity index (χ2v) is 6.48. The number of carbonyl (C=O) groups excluding carboxylic acids is 1. The number of rotatable bonds is 5. The highest BCUT2D eigenvalue weighted by Crippen LogP contribution is 2.33. The minimum atomic E-state index is 0.192. The van der Waals surface area contributed by atoms with Crippen molar-refractivity contribution in [2.24, 2.45) is 5.73 Å². The molecule has 1 amide bonds. The number of hydrogen-bond acceptors (Lipinski definition) is 4. The van der Waals surface area contributed by atoms with Crippen LogP contribution in [0.4, 0.5) is 0 Å². The molecule has 1 aliphatic heterocycles. The third-order valence-electron chi connectivity index (χ3n) is 3.88. The Bertz CT molecular complexity index is 267. The Morgan fingerprint density at radius 2 is 2.12 bits per heavy atom. The summed E-state index contributed by atoms with van der Waals surface area (Å²) >= 11 is 1.88. The average molecular weight is 257 g/mol. The van der Waals surface area contributed by atoms with E-state index in [1.54, 1.807) is 0 Å². The number of nitrogens with zero attached hydrogens (tertiary/aromatic N) is 1. The first kappa shape index (κ1) is 13.2. The summed E-state index contributed by atoms with van der Waals surface area (Å²) in [4.78, 5) is 13.9. The van der Waals surface area contributed by atoms with Crippen LogP contribution in [0.25, 0.3) is 0 Å². The molecule has 0 aromatic carbocycles. The molecule has 0 atom stereocenters. The summed E-state index contributed by atoms with van der Waals surface area (Å²) in [6.45, 7) is 3.30. The van der Waals surface area contributed by atoms with Gasteiger partial charge in [0.2, 0.25) is 5.91 Å². The molecular weight excluding hydrogens is 234 g/mol. The standard InChI is InChI=1S/C12H23N3OS/c1-17-12(9-13)4-6-15(7-5-12)8-11(16)14-10-2-3-10/h10H,2-9,13H2,1H3,(H,14,16). The molecule has 1 heterocycles. The monoisotopic (exact) mass is 257 g/mol. The molecule has 3 N–H and O–H groups in total. The summed E-state index contributed by atoms with van der Waals surface area (Å²) in [5.74, 6) is 0.192. The third-order valence-corrected chi connectivity index (χ3v) is 5.32. The Morgan fingerprint density at radius 3 is 2.59 bits per heavy atom. The van der Waals surface area contributed by atoms with Crippen molar-refractivity contribution >= 4 is 17.7 Å². The van der Waals surface area contributed by atoms with Crippen molar-refractivity contribution in [3.05, 3.63) is 0 Å². The number of likely N-dealkylation sites (tertiary alicyclic amines) is 1. The molecule has 0 bridgehead atoms. The van der Waals surface area contributed by atoms with Crippen molar-refractivity contribution in [3.8, 4) is 0 Å². The normalized spacial score (nSPS) is 24.6. The molecule has 0 radical (unpaired) electrons. The first-order valence-electron chi connectivity index (χ1n) is 6.44. The molecule has 1 saturated carbocycles. The molecule has 0 aromatic heterocycles. The van der Waals surface area contributed by atoms with E-state index in [0.29, 0.717) is 12.6 Å². The van der Waals surface area contributed by atoms with Crippen LogP contribution in [0.2, 0.25) is 0 Å². The molecule has 98 valence electrons. The zero-order valence-electron chi connectivity index (χ0n) is 10.6. The number of thioether (sulfide) groups is 1. The second kappa shape index (κ2) is 5.59. The smallest absolute Gasteiger partial charge is 0.234 e. The van der Waals surface area contributed by atoms with E-state index in [2.05, 4.69) is 16.5 Å². The van der Waals surface area contributed by atoms with E-state index in [1.807, 2.05) is 11.8 Å². The van der Waals surface area contributed by atoms with E-state index in [9.17, 15) is 4.79 Å². The minimum Gasteiger partial charge on any atom is -0.352 e. The zero-order chi connectivity index (χ0) is 12.3. The maximum atomic E-state index is 11.7. The van der Waals surface area contributed by atoms with Crippen molar-refractivity contribution in [2.45, 2.75) is 36.5 Å². The summed E-state index contributed by atoms with van der Waals surface area (Å²) in [7, 11) is 0. The molecule has 1 saturated heterocycles. The topological polar surface area (TPSA) is 58.4 Å². The number of carbonyl (C=O) groups is 1. The fourth-order valence-corrected chi connectivity index (χ4v) is 3.07. The predicted molar refractivity (Wildman–Crippen MR) is 72.1 cm³/mol. The summed E-state index contributed by atoms with van der Waals surface area (Å²) in [5, 5.41) is 3.04. The predicted octanol–water partition coefficient (Wildman–Crippen LogP) is 0.421. The lowest BCUT2D eigenvalue weighted by Gasteiger charge is -2.39. The second-order valence-electron chi connectivity index (χ2n) is 5.21. The molecule has 4 nitrogen and oxygen atoms in total. The van der Waals surface area contributed by atoms with Gasteiger partial charge in [0.15, 0.2) is 0 Å². The molecule has 17 heavy (non-hydrogen) atoms. The first-order valence-corrected chi connectivity index (χ1v) is 7.67. The van der Waals surface area contributed by atoms with Gasteiger partial charge in [-0.2, -0.15) is 11.8 Å². The van der Waals surface area contributed by atoms with E-state index in [1.165, 1.54) is 0 Å². The van der Waals surface area contributed by atoms with Crippen LogP contribution in [0.3, 0.4) is 0 Å². The molecular formula is C12H23N3OS. The fraction of sp³-hybridized carbons (Fsp3) is 0.917. The van der Waals surface area contributed by atoms with Gasteiger partial charge in [-0.05, 0) is 31.9 Å². The highest BCUT2D eigenvalue weighted by atomic mass is 32.2. The van der Waals surface area contributed by atoms with Gasteiger partial charge in [0.1, 0.15) is 0 Å². The van der Waals surface area contributed by atoms with Crippen LogP contribution >= 0.6 is 11.8 Å². The highest BCUT2D eigenvalue weighted by molar-refractivity contribution is 8.00. The van der Waals surface area contributed by atoms with Crippen molar-refractivity contribution in [1.29, 1.82) is 0 Å². The Balaban J connectivity index is 1.72. The Hall–Kier alpha value is -0.260. The van der Waals surface area contributed by atoms with Crippen LogP contribution in [0.1, 0.15) is 25.7 Å². The SMILES string of the molecule is CSC1(CN)CCN(CC(=O)NC2CC2)CC1. The average Bonchev–Trinajstić information content (AvgIpc) is 3.14. The number of nitrogens with one attached hydrogen (secondary N) is 1. The molecule has 0 unspecified atom stereocenters. The number of hydrogen-bond donors (Lipinski definition) is 2. The minimum absolute atomic E-state index is 0.192. The van der Waals surface area contributed by atoms with Gasteiger partial charge in [-0.3, -0.25) is 9.69 Å². The highest BCUT2D eigenvalue weighted by Gasteiger charge is 2.33. The van der Waals surface area contributed by atoms with Crippen LogP contribution in [-0.4, -0.2) is 54.0 Å². The molecule has 2 aliphatic rings. The van der Waals surface area contributed by atoms with Crippen LogP contribution in [-0.2, 0) is 4.79 Å². The van der Waals surface area contributed by atoms with E-state index < -0.39 is 0 Å². The molecule has 2 rings (SSSR count). The van der Waals surface area contributed by atoms with Crippen LogP contribution in [0.15, 0.2) is 0 Å². The van der Waals surface area contributed by atoms with Gasteiger partial charge in [-0.1, -0.05) is 0 Å². The summed E-state index contributed by atoms with van der Waals surface area (Å²) < 4.78 is 0.253. The Kier molecular flexibility index (Phi) is 4.33. The van der Waals surface area contributed by atoms with E-state index in [4.69, 9.17) is 5.73 Å². The first-order chi connectivity index (χ1) is 8.17. The lowest BCUT2D eigenvalue weighted by molar-refractivity contribution is -0.122. The van der Waals surface area contributed by atoms with Crippen molar-refractivity contribution in [1.82, 2.24) is 10.2 Å². The number of amides is 1. The molecule has 1 aliphatic carbocycles. The summed E-state index contributed by atoms with van der Waals surface area (Å²) in [6.07, 6.45) is 6.66. The van der Waals surface area contributed by atoms with Crippen molar-refractivity contribution in [3.63, 3.8) is 0 Å². The molecule has 0 aromatic rings. The Morgan fingerprint density at radius 1 is 1.47 bits per heavy atom. The van der Waals surface area contributed by atoms with Crippen molar-refractivity contribution in [2.75, 3.05) is 32.4 Å². The Labute approximate surface area is 108 Å². The molecule has 5 heteroatoms. The quantitative estimate of drug-likeness (QED) is 0.749. The van der Waals surface area contributed by atoms with Gasteiger partial charge in [-0.25, -0.2) is 0 Å². The zero-order valence-corrected chi connectivity index (χ0v) is 11.4. The number of nitrogens with two attached hydrogens (primary N) is 1. The number of piperidine rings is 1. The van der Waals surface area contributed by atoms with Gasteiger partial charge in [0, 0.05) is 30.4 Å². The van der Waals surface area contributed by atoms with E-state index in [-0.39, 0.29) is 10.7 Å². The van der Waals surface area contributed by atoms with E-state index >= 15 is 0 Å². The van der Waals surface area contributed by atoms with Gasteiger partial charge in [-0.15, -0.1) is 0 Å². The van der Waals surface area contributed by atoms with Crippen LogP contribution < -0.4 is 11.1 Å².